The molecule has 0 unspecified atom stereocenters. The van der Waals surface area contributed by atoms with Crippen molar-refractivity contribution in [3.63, 3.8) is 0 Å². The van der Waals surface area contributed by atoms with Crippen molar-refractivity contribution in [1.82, 2.24) is 19.9 Å². The maximum Gasteiger partial charge on any atom is 0.256 e. The molecule has 1 aromatic carbocycles. The van der Waals surface area contributed by atoms with E-state index in [1.54, 1.807) is 18.6 Å². The average Bonchev–Trinajstić information content (AvgIpc) is 3.01. The number of imidazole rings is 1. The first-order valence-electron chi connectivity index (χ1n) is 7.67. The van der Waals surface area contributed by atoms with Gasteiger partial charge in [-0.15, -0.1) is 0 Å². The molecule has 0 saturated carbocycles. The van der Waals surface area contributed by atoms with E-state index in [2.05, 4.69) is 21.0 Å². The van der Waals surface area contributed by atoms with Crippen molar-refractivity contribution in [3.05, 3.63) is 46.9 Å². The van der Waals surface area contributed by atoms with E-state index in [0.717, 1.165) is 33.0 Å². The van der Waals surface area contributed by atoms with E-state index in [0.29, 0.717) is 11.8 Å². The highest BCUT2D eigenvalue weighted by Crippen LogP contribution is 2.34. The van der Waals surface area contributed by atoms with Gasteiger partial charge in [-0.25, -0.2) is 4.98 Å². The predicted molar refractivity (Wildman–Crippen MR) is 92.8 cm³/mol. The number of rotatable bonds is 2. The Kier molecular flexibility index (Phi) is 2.94. The summed E-state index contributed by atoms with van der Waals surface area (Å²) in [6, 6.07) is 5.91. The third kappa shape index (κ3) is 1.91. The topological polar surface area (TPSA) is 98.2 Å². The fraction of sp³-hybridized carbons (Fsp3) is 0.222. The van der Waals surface area contributed by atoms with Crippen LogP contribution < -0.4 is 5.56 Å². The monoisotopic (exact) mass is 317 g/mol. The molecule has 4 aromatic rings. The molecule has 4 rings (SSSR count). The minimum Gasteiger partial charge on any atom is -0.341 e. The summed E-state index contributed by atoms with van der Waals surface area (Å²) in [6.07, 6.45) is 5.39. The highest BCUT2D eigenvalue weighted by Gasteiger charge is 2.26. The SMILES string of the molecule is CC(C)(CC#N)c1nc2c3cnccc3c3c(=O)[nH]ccc3c2[nH]1. The summed E-state index contributed by atoms with van der Waals surface area (Å²) in [5.74, 6) is 0.733. The Morgan fingerprint density at radius 2 is 2.08 bits per heavy atom. The Labute approximate surface area is 137 Å². The van der Waals surface area contributed by atoms with Gasteiger partial charge in [0.25, 0.3) is 5.56 Å². The number of fused-ring (bicyclic) bond motifs is 6. The predicted octanol–water partition coefficient (Wildman–Crippen LogP) is 3.14. The minimum absolute atomic E-state index is 0.141. The molecule has 118 valence electrons. The van der Waals surface area contributed by atoms with Crippen LogP contribution in [0, 0.1) is 11.3 Å². The number of nitriles is 1. The van der Waals surface area contributed by atoms with Crippen LogP contribution in [0.25, 0.3) is 32.6 Å². The first-order valence-corrected chi connectivity index (χ1v) is 7.67. The quantitative estimate of drug-likeness (QED) is 0.555. The van der Waals surface area contributed by atoms with Crippen LogP contribution in [0.1, 0.15) is 26.1 Å². The normalized spacial score (nSPS) is 12.0. The molecule has 3 heterocycles. The molecule has 0 amide bonds. The van der Waals surface area contributed by atoms with Crippen LogP contribution in [-0.4, -0.2) is 19.9 Å². The van der Waals surface area contributed by atoms with E-state index in [9.17, 15) is 4.79 Å². The Bertz CT molecular complexity index is 1190. The van der Waals surface area contributed by atoms with Gasteiger partial charge in [-0.3, -0.25) is 9.78 Å². The van der Waals surface area contributed by atoms with Gasteiger partial charge in [-0.05, 0) is 12.1 Å². The van der Waals surface area contributed by atoms with E-state index in [4.69, 9.17) is 10.2 Å². The Morgan fingerprint density at radius 3 is 2.88 bits per heavy atom. The van der Waals surface area contributed by atoms with Crippen molar-refractivity contribution in [2.45, 2.75) is 25.7 Å². The van der Waals surface area contributed by atoms with Gasteiger partial charge in [0.15, 0.2) is 0 Å². The molecule has 6 nitrogen and oxygen atoms in total. The number of pyridine rings is 2. The summed E-state index contributed by atoms with van der Waals surface area (Å²) in [5, 5.41) is 12.2. The summed E-state index contributed by atoms with van der Waals surface area (Å²) in [7, 11) is 0. The molecule has 0 bridgehead atoms. The van der Waals surface area contributed by atoms with Gasteiger partial charge in [0.2, 0.25) is 0 Å². The lowest BCUT2D eigenvalue weighted by Gasteiger charge is -2.17. The van der Waals surface area contributed by atoms with Crippen molar-refractivity contribution < 1.29 is 0 Å². The lowest BCUT2D eigenvalue weighted by Crippen LogP contribution is -2.18. The van der Waals surface area contributed by atoms with Gasteiger partial charge in [-0.2, -0.15) is 5.26 Å². The van der Waals surface area contributed by atoms with Crippen molar-refractivity contribution >= 4 is 32.6 Å². The number of aromatic nitrogens is 4. The zero-order valence-corrected chi connectivity index (χ0v) is 13.3. The van der Waals surface area contributed by atoms with Crippen LogP contribution >= 0.6 is 0 Å². The van der Waals surface area contributed by atoms with Crippen LogP contribution in [0.4, 0.5) is 0 Å². The molecule has 24 heavy (non-hydrogen) atoms. The van der Waals surface area contributed by atoms with Crippen LogP contribution in [-0.2, 0) is 5.41 Å². The largest absolute Gasteiger partial charge is 0.341 e. The summed E-state index contributed by atoms with van der Waals surface area (Å²) in [5.41, 5.74) is 1.03. The number of hydrogen-bond donors (Lipinski definition) is 2. The molecule has 0 aliphatic carbocycles. The second-order valence-corrected chi connectivity index (χ2v) is 6.54. The van der Waals surface area contributed by atoms with Crippen LogP contribution in [0.3, 0.4) is 0 Å². The van der Waals surface area contributed by atoms with E-state index in [1.165, 1.54) is 0 Å². The van der Waals surface area contributed by atoms with Crippen LogP contribution in [0.15, 0.2) is 35.5 Å². The van der Waals surface area contributed by atoms with E-state index in [1.807, 2.05) is 26.0 Å². The maximum absolute atomic E-state index is 12.4. The standard InChI is InChI=1S/C18H15N5O/c1-18(2,5-6-19)17-22-14-11-4-8-21-16(24)13(11)10-3-7-20-9-12(10)15(14)23-17/h3-4,7-9H,5H2,1-2H3,(H,21,24)(H,22,23). The first-order chi connectivity index (χ1) is 11.5. The van der Waals surface area contributed by atoms with Gasteiger partial charge < -0.3 is 9.97 Å². The van der Waals surface area contributed by atoms with Gasteiger partial charge in [0.05, 0.1) is 22.5 Å². The minimum atomic E-state index is -0.407. The van der Waals surface area contributed by atoms with Gasteiger partial charge >= 0.3 is 0 Å². The molecule has 0 atom stereocenters. The third-order valence-corrected chi connectivity index (χ3v) is 4.44. The highest BCUT2D eigenvalue weighted by molar-refractivity contribution is 6.22. The molecule has 0 spiro atoms. The average molecular weight is 317 g/mol. The lowest BCUT2D eigenvalue weighted by molar-refractivity contribution is 0.509. The highest BCUT2D eigenvalue weighted by atomic mass is 16.1. The molecule has 0 aliphatic rings. The fourth-order valence-electron chi connectivity index (χ4n) is 3.12. The number of hydrogen-bond acceptors (Lipinski definition) is 4. The number of nitrogens with one attached hydrogen (secondary N) is 2. The molecule has 0 aliphatic heterocycles. The summed E-state index contributed by atoms with van der Waals surface area (Å²) in [6.45, 7) is 3.95. The zero-order valence-electron chi connectivity index (χ0n) is 13.3. The first kappa shape index (κ1) is 14.4. The van der Waals surface area contributed by atoms with Gasteiger partial charge in [0.1, 0.15) is 5.82 Å². The van der Waals surface area contributed by atoms with Crippen molar-refractivity contribution in [1.29, 1.82) is 5.26 Å². The molecule has 0 fully saturated rings. The Balaban J connectivity index is 2.23. The van der Waals surface area contributed by atoms with Gasteiger partial charge in [0, 0.05) is 46.6 Å². The van der Waals surface area contributed by atoms with Crippen molar-refractivity contribution in [3.8, 4) is 6.07 Å². The molecule has 0 saturated heterocycles. The Morgan fingerprint density at radius 1 is 1.25 bits per heavy atom. The van der Waals surface area contributed by atoms with Crippen LogP contribution in [0.5, 0.6) is 0 Å². The number of aromatic amines is 2. The van der Waals surface area contributed by atoms with E-state index < -0.39 is 5.41 Å². The molecule has 0 radical (unpaired) electrons. The fourth-order valence-corrected chi connectivity index (χ4v) is 3.12. The second-order valence-electron chi connectivity index (χ2n) is 6.54. The summed E-state index contributed by atoms with van der Waals surface area (Å²) in [4.78, 5) is 27.4. The van der Waals surface area contributed by atoms with E-state index in [-0.39, 0.29) is 5.56 Å². The van der Waals surface area contributed by atoms with Gasteiger partial charge in [-0.1, -0.05) is 13.8 Å². The number of nitrogens with zero attached hydrogens (tertiary/aromatic N) is 3. The number of benzene rings is 1. The second kappa shape index (κ2) is 4.90. The molecular formula is C18H15N5O. The molecule has 2 N–H and O–H groups in total. The number of H-pyrrole nitrogens is 2. The summed E-state index contributed by atoms with van der Waals surface area (Å²) >= 11 is 0. The molecule has 3 aromatic heterocycles. The maximum atomic E-state index is 12.4. The molecular weight excluding hydrogens is 302 g/mol. The van der Waals surface area contributed by atoms with E-state index >= 15 is 0 Å². The summed E-state index contributed by atoms with van der Waals surface area (Å²) < 4.78 is 0. The third-order valence-electron chi connectivity index (χ3n) is 4.44. The lowest BCUT2D eigenvalue weighted by atomic mass is 9.89. The van der Waals surface area contributed by atoms with Crippen molar-refractivity contribution in [2.24, 2.45) is 0 Å². The molecule has 6 heteroatoms. The smallest absolute Gasteiger partial charge is 0.256 e. The van der Waals surface area contributed by atoms with Crippen LogP contribution in [0.2, 0.25) is 0 Å². The Hall–Kier alpha value is -3.20. The zero-order chi connectivity index (χ0) is 16.9. The van der Waals surface area contributed by atoms with Crippen molar-refractivity contribution in [2.75, 3.05) is 0 Å².